The third kappa shape index (κ3) is 2.10. The van der Waals surface area contributed by atoms with Crippen molar-refractivity contribution in [3.63, 3.8) is 0 Å². The highest BCUT2D eigenvalue weighted by atomic mass is 79.9. The number of halogens is 1. The molecule has 10 heavy (non-hydrogen) atoms. The van der Waals surface area contributed by atoms with E-state index in [4.69, 9.17) is 0 Å². The lowest BCUT2D eigenvalue weighted by Gasteiger charge is -1.96. The highest BCUT2D eigenvalue weighted by Gasteiger charge is 1.91. The molecule has 0 saturated carbocycles. The van der Waals surface area contributed by atoms with Crippen LogP contribution in [0.2, 0.25) is 0 Å². The average Bonchev–Trinajstić information content (AvgIpc) is 1.88. The Kier molecular flexibility index (Phi) is 2.87. The van der Waals surface area contributed by atoms with Gasteiger partial charge in [-0.1, -0.05) is 15.9 Å². The summed E-state index contributed by atoms with van der Waals surface area (Å²) in [5.41, 5.74) is 2.45. The zero-order valence-electron chi connectivity index (χ0n) is 5.97. The van der Waals surface area contributed by atoms with E-state index in [-0.39, 0.29) is 0 Å². The molecule has 0 unspecified atom stereocenters. The van der Waals surface area contributed by atoms with Crippen LogP contribution in [-0.2, 0) is 6.42 Å². The Morgan fingerprint density at radius 3 is 3.00 bits per heavy atom. The Labute approximate surface area is 69.6 Å². The van der Waals surface area contributed by atoms with Crippen LogP contribution in [0.5, 0.6) is 0 Å². The van der Waals surface area contributed by atoms with Crippen LogP contribution in [0.1, 0.15) is 11.3 Å². The minimum atomic E-state index is 0.990. The smallest absolute Gasteiger partial charge is 0.0414 e. The van der Waals surface area contributed by atoms with Crippen LogP contribution in [0.15, 0.2) is 18.3 Å². The van der Waals surface area contributed by atoms with Crippen LogP contribution in [0.3, 0.4) is 0 Å². The van der Waals surface area contributed by atoms with E-state index in [1.165, 1.54) is 5.56 Å². The molecule has 0 fully saturated rings. The van der Waals surface area contributed by atoms with E-state index in [9.17, 15) is 0 Å². The van der Waals surface area contributed by atoms with Crippen LogP contribution >= 0.6 is 15.9 Å². The molecule has 0 aliphatic rings. The molecular weight excluding hydrogens is 190 g/mol. The minimum Gasteiger partial charge on any atom is -0.261 e. The fraction of sp³-hybridized carbons (Fsp3) is 0.375. The lowest BCUT2D eigenvalue weighted by atomic mass is 10.2. The van der Waals surface area contributed by atoms with Crippen molar-refractivity contribution < 1.29 is 0 Å². The van der Waals surface area contributed by atoms with E-state index >= 15 is 0 Å². The third-order valence-electron chi connectivity index (χ3n) is 1.32. The van der Waals surface area contributed by atoms with E-state index < -0.39 is 0 Å². The monoisotopic (exact) mass is 199 g/mol. The number of hydrogen-bond donors (Lipinski definition) is 0. The van der Waals surface area contributed by atoms with Crippen LogP contribution in [-0.4, -0.2) is 10.3 Å². The van der Waals surface area contributed by atoms with Gasteiger partial charge in [-0.3, -0.25) is 4.98 Å². The van der Waals surface area contributed by atoms with Gasteiger partial charge in [0.1, 0.15) is 0 Å². The van der Waals surface area contributed by atoms with Crippen molar-refractivity contribution >= 4 is 15.9 Å². The van der Waals surface area contributed by atoms with Gasteiger partial charge in [-0.15, -0.1) is 0 Å². The summed E-state index contributed by atoms with van der Waals surface area (Å²) >= 11 is 3.37. The van der Waals surface area contributed by atoms with E-state index in [1.807, 2.05) is 12.3 Å². The van der Waals surface area contributed by atoms with E-state index in [0.717, 1.165) is 17.4 Å². The summed E-state index contributed by atoms with van der Waals surface area (Å²) < 4.78 is 0. The lowest BCUT2D eigenvalue weighted by Crippen LogP contribution is -1.90. The summed E-state index contributed by atoms with van der Waals surface area (Å²) in [6.45, 7) is 2.08. The summed E-state index contributed by atoms with van der Waals surface area (Å²) in [4.78, 5) is 4.20. The van der Waals surface area contributed by atoms with Gasteiger partial charge in [-0.2, -0.15) is 0 Å². The topological polar surface area (TPSA) is 12.9 Å². The summed E-state index contributed by atoms with van der Waals surface area (Å²) in [6, 6.07) is 4.12. The molecule has 0 N–H and O–H groups in total. The molecule has 0 radical (unpaired) electrons. The van der Waals surface area contributed by atoms with Gasteiger partial charge >= 0.3 is 0 Å². The number of pyridine rings is 1. The van der Waals surface area contributed by atoms with Gasteiger partial charge in [0.25, 0.3) is 0 Å². The van der Waals surface area contributed by atoms with Gasteiger partial charge < -0.3 is 0 Å². The van der Waals surface area contributed by atoms with E-state index in [2.05, 4.69) is 33.9 Å². The van der Waals surface area contributed by atoms with Gasteiger partial charge in [0.15, 0.2) is 0 Å². The number of hydrogen-bond acceptors (Lipinski definition) is 1. The molecule has 2 heteroatoms. The third-order valence-corrected chi connectivity index (χ3v) is 1.72. The van der Waals surface area contributed by atoms with Gasteiger partial charge in [0, 0.05) is 17.2 Å². The molecule has 0 spiro atoms. The van der Waals surface area contributed by atoms with Crippen molar-refractivity contribution in [1.82, 2.24) is 4.98 Å². The minimum absolute atomic E-state index is 0.990. The number of rotatable bonds is 2. The van der Waals surface area contributed by atoms with Gasteiger partial charge in [-0.05, 0) is 31.0 Å². The number of aryl methyl sites for hydroxylation is 2. The first-order valence-electron chi connectivity index (χ1n) is 3.30. The quantitative estimate of drug-likeness (QED) is 0.667. The highest BCUT2D eigenvalue weighted by molar-refractivity contribution is 9.09. The number of nitrogens with zero attached hydrogens (tertiary/aromatic N) is 1. The van der Waals surface area contributed by atoms with Crippen molar-refractivity contribution in [1.29, 1.82) is 0 Å². The first kappa shape index (κ1) is 7.73. The Morgan fingerprint density at radius 1 is 1.60 bits per heavy atom. The second-order valence-electron chi connectivity index (χ2n) is 2.26. The summed E-state index contributed by atoms with van der Waals surface area (Å²) in [6.07, 6.45) is 2.87. The fourth-order valence-corrected chi connectivity index (χ4v) is 1.24. The highest BCUT2D eigenvalue weighted by Crippen LogP contribution is 2.01. The molecule has 54 valence electrons. The molecule has 0 aliphatic carbocycles. The normalized spacial score (nSPS) is 9.80. The molecule has 1 aromatic heterocycles. The van der Waals surface area contributed by atoms with Crippen molar-refractivity contribution in [2.45, 2.75) is 13.3 Å². The van der Waals surface area contributed by atoms with Crippen molar-refractivity contribution in [2.75, 3.05) is 5.33 Å². The molecule has 1 aromatic rings. The Hall–Kier alpha value is -0.370. The molecular formula is C8H10BrN. The maximum absolute atomic E-state index is 4.20. The van der Waals surface area contributed by atoms with Crippen LogP contribution in [0.25, 0.3) is 0 Å². The maximum Gasteiger partial charge on any atom is 0.0414 e. The first-order chi connectivity index (χ1) is 4.83. The maximum atomic E-state index is 4.20. The molecule has 0 aromatic carbocycles. The molecule has 0 saturated heterocycles. The molecule has 1 heterocycles. The first-order valence-corrected chi connectivity index (χ1v) is 4.42. The Bertz CT molecular complexity index is 210. The standard InChI is InChI=1S/C8H10BrN/c1-7-3-5-10-8(6-7)2-4-9/h3,5-6H,2,4H2,1H3. The summed E-state index contributed by atoms with van der Waals surface area (Å²) in [5, 5.41) is 0.990. The summed E-state index contributed by atoms with van der Waals surface area (Å²) in [7, 11) is 0. The predicted molar refractivity (Wildman–Crippen MR) is 46.5 cm³/mol. The van der Waals surface area contributed by atoms with Gasteiger partial charge in [0.2, 0.25) is 0 Å². The second-order valence-corrected chi connectivity index (χ2v) is 3.06. The largest absolute Gasteiger partial charge is 0.261 e. The Balaban J connectivity index is 2.75. The SMILES string of the molecule is Cc1ccnc(CCBr)c1. The van der Waals surface area contributed by atoms with E-state index in [1.54, 1.807) is 0 Å². The van der Waals surface area contributed by atoms with Crippen molar-refractivity contribution in [3.05, 3.63) is 29.6 Å². The second kappa shape index (κ2) is 3.71. The van der Waals surface area contributed by atoms with Crippen molar-refractivity contribution in [2.24, 2.45) is 0 Å². The van der Waals surface area contributed by atoms with E-state index in [0.29, 0.717) is 0 Å². The molecule has 0 amide bonds. The fourth-order valence-electron chi connectivity index (χ4n) is 0.832. The van der Waals surface area contributed by atoms with Gasteiger partial charge in [-0.25, -0.2) is 0 Å². The van der Waals surface area contributed by atoms with Crippen LogP contribution in [0, 0.1) is 6.92 Å². The zero-order chi connectivity index (χ0) is 7.40. The zero-order valence-corrected chi connectivity index (χ0v) is 7.56. The van der Waals surface area contributed by atoms with Gasteiger partial charge in [0.05, 0.1) is 0 Å². The number of alkyl halides is 1. The molecule has 1 nitrogen and oxygen atoms in total. The summed E-state index contributed by atoms with van der Waals surface area (Å²) in [5.74, 6) is 0. The van der Waals surface area contributed by atoms with Crippen molar-refractivity contribution in [3.8, 4) is 0 Å². The molecule has 0 atom stereocenters. The predicted octanol–water partition coefficient (Wildman–Crippen LogP) is 2.33. The Morgan fingerprint density at radius 2 is 2.40 bits per heavy atom. The van der Waals surface area contributed by atoms with Crippen LogP contribution < -0.4 is 0 Å². The van der Waals surface area contributed by atoms with Crippen LogP contribution in [0.4, 0.5) is 0 Å². The molecule has 1 rings (SSSR count). The average molecular weight is 200 g/mol. The number of aromatic nitrogens is 1. The lowest BCUT2D eigenvalue weighted by molar-refractivity contribution is 1.04. The molecule has 0 aliphatic heterocycles. The molecule has 0 bridgehead atoms.